The van der Waals surface area contributed by atoms with E-state index in [0.717, 1.165) is 17.7 Å². The normalized spacial score (nSPS) is 13.8. The highest BCUT2D eigenvalue weighted by Gasteiger charge is 2.22. The van der Waals surface area contributed by atoms with E-state index in [9.17, 15) is 9.59 Å². The number of aromatic nitrogens is 2. The van der Waals surface area contributed by atoms with Gasteiger partial charge in [-0.3, -0.25) is 19.4 Å². The predicted molar refractivity (Wildman–Crippen MR) is 95.7 cm³/mol. The molecule has 6 heteroatoms. The number of aromatic amines is 1. The molecule has 2 heterocycles. The maximum Gasteiger partial charge on any atom is 0.266 e. The minimum Gasteiger partial charge on any atom is -0.497 e. The van der Waals surface area contributed by atoms with Crippen molar-refractivity contribution in [1.29, 1.82) is 0 Å². The van der Waals surface area contributed by atoms with Crippen molar-refractivity contribution >= 4 is 5.91 Å². The molecule has 134 valence electrons. The first-order valence-electron chi connectivity index (χ1n) is 8.68. The van der Waals surface area contributed by atoms with E-state index in [4.69, 9.17) is 4.74 Å². The summed E-state index contributed by atoms with van der Waals surface area (Å²) in [5, 5.41) is 3.06. The van der Waals surface area contributed by atoms with Crippen LogP contribution in [-0.2, 0) is 30.7 Å². The van der Waals surface area contributed by atoms with Crippen LogP contribution in [0.25, 0.3) is 0 Å². The van der Waals surface area contributed by atoms with Gasteiger partial charge in [0, 0.05) is 31.4 Å². The number of nitrogens with zero attached hydrogens (tertiary/aromatic N) is 2. The molecule has 6 nitrogen and oxygen atoms in total. The molecule has 1 aromatic carbocycles. The number of fused-ring (bicyclic) bond motifs is 1. The van der Waals surface area contributed by atoms with Crippen molar-refractivity contribution < 1.29 is 9.53 Å². The average molecular weight is 343 g/mol. The fourth-order valence-electron chi connectivity index (χ4n) is 3.23. The molecule has 1 aliphatic heterocycles. The Hall–Kier alpha value is -2.50. The fraction of sp³-hybridized carbons (Fsp3) is 0.474. The average Bonchev–Trinajstić information content (AvgIpc) is 2.92. The molecular formula is C19H25N3O3. The Bertz CT molecular complexity index is 820. The van der Waals surface area contributed by atoms with E-state index in [0.29, 0.717) is 31.2 Å². The van der Waals surface area contributed by atoms with Crippen LogP contribution in [-0.4, -0.2) is 34.2 Å². The van der Waals surface area contributed by atoms with Crippen molar-refractivity contribution in [1.82, 2.24) is 14.7 Å². The molecular weight excluding hydrogens is 318 g/mol. The number of H-pyrrole nitrogens is 1. The summed E-state index contributed by atoms with van der Waals surface area (Å²) >= 11 is 0. The predicted octanol–water partition coefficient (Wildman–Crippen LogP) is 1.97. The molecule has 0 aliphatic carbocycles. The zero-order valence-corrected chi connectivity index (χ0v) is 15.0. The molecule has 0 saturated heterocycles. The number of hydrogen-bond acceptors (Lipinski definition) is 3. The third kappa shape index (κ3) is 3.95. The maximum absolute atomic E-state index is 12.6. The van der Waals surface area contributed by atoms with Gasteiger partial charge in [0.1, 0.15) is 5.75 Å². The van der Waals surface area contributed by atoms with Crippen LogP contribution in [0.3, 0.4) is 0 Å². The smallest absolute Gasteiger partial charge is 0.266 e. The second-order valence-corrected chi connectivity index (χ2v) is 7.00. The Morgan fingerprint density at radius 2 is 2.08 bits per heavy atom. The van der Waals surface area contributed by atoms with Crippen molar-refractivity contribution in [2.75, 3.05) is 13.7 Å². The summed E-state index contributed by atoms with van der Waals surface area (Å²) in [4.78, 5) is 26.4. The standard InChI is InChI=1S/C19H25N3O3/c1-13(2)11-22-19(24)10-16(20-22)9-18(23)21-7-6-14-4-5-17(25-3)8-15(14)12-21/h4-5,8,10,13,20H,6-7,9,11-12H2,1-3H3. The van der Waals surface area contributed by atoms with E-state index in [-0.39, 0.29) is 17.9 Å². The van der Waals surface area contributed by atoms with Crippen LogP contribution in [0.2, 0.25) is 0 Å². The third-order valence-corrected chi connectivity index (χ3v) is 4.51. The topological polar surface area (TPSA) is 67.3 Å². The first kappa shape index (κ1) is 17.3. The second kappa shape index (κ2) is 7.17. The highest BCUT2D eigenvalue weighted by molar-refractivity contribution is 5.78. The van der Waals surface area contributed by atoms with E-state index >= 15 is 0 Å². The molecule has 3 rings (SSSR count). The first-order valence-corrected chi connectivity index (χ1v) is 8.68. The number of amides is 1. The van der Waals surface area contributed by atoms with Crippen LogP contribution >= 0.6 is 0 Å². The van der Waals surface area contributed by atoms with Crippen molar-refractivity contribution in [3.05, 3.63) is 51.4 Å². The third-order valence-electron chi connectivity index (χ3n) is 4.51. The molecule has 1 aromatic heterocycles. The van der Waals surface area contributed by atoms with Gasteiger partial charge in [-0.05, 0) is 35.6 Å². The van der Waals surface area contributed by atoms with E-state index in [1.54, 1.807) is 11.8 Å². The number of benzene rings is 1. The van der Waals surface area contributed by atoms with Crippen molar-refractivity contribution in [3.8, 4) is 5.75 Å². The number of methoxy groups -OCH3 is 1. The van der Waals surface area contributed by atoms with Crippen LogP contribution in [0.1, 0.15) is 30.7 Å². The monoisotopic (exact) mass is 343 g/mol. The molecule has 0 atom stereocenters. The molecule has 0 spiro atoms. The Labute approximate surface area is 147 Å². The lowest BCUT2D eigenvalue weighted by molar-refractivity contribution is -0.131. The van der Waals surface area contributed by atoms with Gasteiger partial charge in [-0.25, -0.2) is 0 Å². The minimum atomic E-state index is -0.0785. The zero-order valence-electron chi connectivity index (χ0n) is 15.0. The molecule has 0 unspecified atom stereocenters. The molecule has 25 heavy (non-hydrogen) atoms. The number of ether oxygens (including phenoxy) is 1. The number of hydrogen-bond donors (Lipinski definition) is 1. The fourth-order valence-corrected chi connectivity index (χ4v) is 3.23. The quantitative estimate of drug-likeness (QED) is 0.902. The highest BCUT2D eigenvalue weighted by atomic mass is 16.5. The SMILES string of the molecule is COc1ccc2c(c1)CN(C(=O)Cc1cc(=O)n(CC(C)C)[nH]1)CC2. The Morgan fingerprint density at radius 1 is 1.28 bits per heavy atom. The van der Waals surface area contributed by atoms with E-state index in [1.807, 2.05) is 17.0 Å². The summed E-state index contributed by atoms with van der Waals surface area (Å²) in [6.07, 6.45) is 1.07. The van der Waals surface area contributed by atoms with Gasteiger partial charge >= 0.3 is 0 Å². The molecule has 0 saturated carbocycles. The van der Waals surface area contributed by atoms with Crippen LogP contribution < -0.4 is 10.3 Å². The summed E-state index contributed by atoms with van der Waals surface area (Å²) in [5.74, 6) is 1.21. The Morgan fingerprint density at radius 3 is 2.80 bits per heavy atom. The first-order chi connectivity index (χ1) is 12.0. The van der Waals surface area contributed by atoms with Crippen molar-refractivity contribution in [2.45, 2.75) is 39.8 Å². The van der Waals surface area contributed by atoms with Gasteiger partial charge in [0.15, 0.2) is 0 Å². The second-order valence-electron chi connectivity index (χ2n) is 7.00. The number of carbonyl (C=O) groups is 1. The summed E-state index contributed by atoms with van der Waals surface area (Å²) in [7, 11) is 1.64. The van der Waals surface area contributed by atoms with Gasteiger partial charge in [0.2, 0.25) is 5.91 Å². The van der Waals surface area contributed by atoms with Crippen LogP contribution in [0.15, 0.2) is 29.1 Å². The molecule has 1 N–H and O–H groups in total. The molecule has 0 fully saturated rings. The number of nitrogens with one attached hydrogen (secondary N) is 1. The summed E-state index contributed by atoms with van der Waals surface area (Å²) < 4.78 is 6.85. The van der Waals surface area contributed by atoms with Crippen LogP contribution in [0.4, 0.5) is 0 Å². The largest absolute Gasteiger partial charge is 0.497 e. The lowest BCUT2D eigenvalue weighted by Gasteiger charge is -2.29. The molecule has 1 amide bonds. The van der Waals surface area contributed by atoms with Crippen molar-refractivity contribution in [3.63, 3.8) is 0 Å². The van der Waals surface area contributed by atoms with Crippen molar-refractivity contribution in [2.24, 2.45) is 5.92 Å². The number of rotatable bonds is 5. The van der Waals surface area contributed by atoms with Gasteiger partial charge in [-0.1, -0.05) is 19.9 Å². The highest BCUT2D eigenvalue weighted by Crippen LogP contribution is 2.24. The van der Waals surface area contributed by atoms with Gasteiger partial charge < -0.3 is 9.64 Å². The number of carbonyl (C=O) groups excluding carboxylic acids is 1. The molecule has 0 bridgehead atoms. The van der Waals surface area contributed by atoms with Gasteiger partial charge in [-0.15, -0.1) is 0 Å². The molecule has 1 aliphatic rings. The molecule has 0 radical (unpaired) electrons. The van der Waals surface area contributed by atoms with E-state index in [1.165, 1.54) is 11.6 Å². The lowest BCUT2D eigenvalue weighted by atomic mass is 9.99. The van der Waals surface area contributed by atoms with Gasteiger partial charge in [0.25, 0.3) is 5.56 Å². The van der Waals surface area contributed by atoms with Crippen LogP contribution in [0, 0.1) is 5.92 Å². The zero-order chi connectivity index (χ0) is 18.0. The summed E-state index contributed by atoms with van der Waals surface area (Å²) in [5.41, 5.74) is 2.99. The van der Waals surface area contributed by atoms with E-state index < -0.39 is 0 Å². The van der Waals surface area contributed by atoms with Crippen LogP contribution in [0.5, 0.6) is 5.75 Å². The Balaban J connectivity index is 1.69. The minimum absolute atomic E-state index is 0.0337. The lowest BCUT2D eigenvalue weighted by Crippen LogP contribution is -2.37. The van der Waals surface area contributed by atoms with Gasteiger partial charge in [0.05, 0.1) is 13.5 Å². The summed E-state index contributed by atoms with van der Waals surface area (Å²) in [6.45, 7) is 6.02. The van der Waals surface area contributed by atoms with E-state index in [2.05, 4.69) is 25.0 Å². The summed E-state index contributed by atoms with van der Waals surface area (Å²) in [6, 6.07) is 7.55. The Kier molecular flexibility index (Phi) is 4.97. The molecule has 2 aromatic rings. The van der Waals surface area contributed by atoms with Gasteiger partial charge in [-0.2, -0.15) is 0 Å². The maximum atomic E-state index is 12.6.